The highest BCUT2D eigenvalue weighted by molar-refractivity contribution is 7.99. The summed E-state index contributed by atoms with van der Waals surface area (Å²) < 4.78 is 47.9. The zero-order valence-corrected chi connectivity index (χ0v) is 17.9. The van der Waals surface area contributed by atoms with Crippen molar-refractivity contribution in [1.29, 1.82) is 0 Å². The molecule has 0 saturated carbocycles. The standard InChI is InChI=1S/C16H16ClFN6O5S2/c17-7-2-1-3-8(4-7)30-15-10-13(19)21-6-22-14(10)24(23-15)16-11(18)12(25)9(29-16)5-28-31(20,26)27/h1-4,6,9,11-12,16,25H,5H2,(H2,19,21,22)(H2,20,26,27)/t9-,11+,12-,16-/m1/s1. The monoisotopic (exact) mass is 490 g/mol. The van der Waals surface area contributed by atoms with Crippen molar-refractivity contribution < 1.29 is 26.8 Å². The topological polar surface area (TPSA) is 168 Å². The van der Waals surface area contributed by atoms with E-state index in [1.165, 1.54) is 18.1 Å². The van der Waals surface area contributed by atoms with E-state index < -0.39 is 41.5 Å². The number of nitrogen functional groups attached to an aromatic ring is 1. The number of anilines is 1. The summed E-state index contributed by atoms with van der Waals surface area (Å²) in [6.07, 6.45) is -5.19. The first-order valence-electron chi connectivity index (χ1n) is 8.71. The number of fused-ring (bicyclic) bond motifs is 1. The Balaban J connectivity index is 1.70. The number of nitrogens with zero attached hydrogens (tertiary/aromatic N) is 4. The lowest BCUT2D eigenvalue weighted by Gasteiger charge is -2.14. The minimum atomic E-state index is -4.30. The minimum Gasteiger partial charge on any atom is -0.387 e. The van der Waals surface area contributed by atoms with Crippen LogP contribution in [-0.2, 0) is 19.2 Å². The zero-order chi connectivity index (χ0) is 22.3. The average molecular weight is 491 g/mol. The molecule has 1 aromatic carbocycles. The van der Waals surface area contributed by atoms with Gasteiger partial charge in [0.1, 0.15) is 29.4 Å². The predicted molar refractivity (Wildman–Crippen MR) is 109 cm³/mol. The second-order valence-electron chi connectivity index (χ2n) is 6.54. The average Bonchev–Trinajstić information content (AvgIpc) is 3.19. The van der Waals surface area contributed by atoms with Gasteiger partial charge < -0.3 is 15.6 Å². The Morgan fingerprint density at radius 2 is 2.16 bits per heavy atom. The summed E-state index contributed by atoms with van der Waals surface area (Å²) >= 11 is 7.24. The van der Waals surface area contributed by atoms with E-state index in [9.17, 15) is 17.9 Å². The van der Waals surface area contributed by atoms with Crippen LogP contribution in [0, 0.1) is 0 Å². The maximum Gasteiger partial charge on any atom is 0.333 e. The first-order valence-corrected chi connectivity index (χ1v) is 11.4. The van der Waals surface area contributed by atoms with Crippen LogP contribution in [0.1, 0.15) is 6.23 Å². The Kier molecular flexibility index (Phi) is 6.04. The van der Waals surface area contributed by atoms with Crippen LogP contribution >= 0.6 is 23.4 Å². The lowest BCUT2D eigenvalue weighted by atomic mass is 10.1. The highest BCUT2D eigenvalue weighted by Crippen LogP contribution is 2.39. The third-order valence-corrected chi connectivity index (χ3v) is 6.10. The second-order valence-corrected chi connectivity index (χ2v) is 9.26. The van der Waals surface area contributed by atoms with Crippen molar-refractivity contribution in [2.24, 2.45) is 5.14 Å². The SMILES string of the molecule is Nc1ncnc2c1c(Sc1cccc(Cl)c1)nn2[C@@H]1O[C@H](COS(N)(=O)=O)[C@@H](O)[C@@H]1F. The fraction of sp³-hybridized carbons (Fsp3) is 0.312. The summed E-state index contributed by atoms with van der Waals surface area (Å²) in [7, 11) is -4.30. The van der Waals surface area contributed by atoms with Gasteiger partial charge in [0.2, 0.25) is 0 Å². The first-order chi connectivity index (χ1) is 14.6. The number of benzene rings is 1. The van der Waals surface area contributed by atoms with Gasteiger partial charge in [-0.2, -0.15) is 13.5 Å². The minimum absolute atomic E-state index is 0.115. The van der Waals surface area contributed by atoms with E-state index >= 15 is 0 Å². The number of rotatable bonds is 6. The van der Waals surface area contributed by atoms with Gasteiger partial charge in [-0.1, -0.05) is 29.4 Å². The van der Waals surface area contributed by atoms with Crippen LogP contribution in [0.3, 0.4) is 0 Å². The Morgan fingerprint density at radius 1 is 1.39 bits per heavy atom. The summed E-state index contributed by atoms with van der Waals surface area (Å²) in [5, 5.41) is 20.6. The number of aromatic nitrogens is 4. The fourth-order valence-electron chi connectivity index (χ4n) is 3.06. The van der Waals surface area contributed by atoms with Crippen molar-refractivity contribution in [2.45, 2.75) is 34.5 Å². The van der Waals surface area contributed by atoms with Crippen molar-refractivity contribution >= 4 is 50.5 Å². The van der Waals surface area contributed by atoms with E-state index in [1.54, 1.807) is 24.3 Å². The molecule has 5 N–H and O–H groups in total. The molecule has 2 aromatic heterocycles. The number of hydrogen-bond acceptors (Lipinski definition) is 10. The van der Waals surface area contributed by atoms with Gasteiger partial charge in [0.15, 0.2) is 18.0 Å². The van der Waals surface area contributed by atoms with Gasteiger partial charge in [-0.05, 0) is 18.2 Å². The number of aliphatic hydroxyl groups excluding tert-OH is 1. The number of hydrogen-bond donors (Lipinski definition) is 3. The van der Waals surface area contributed by atoms with Crippen molar-refractivity contribution in [3.63, 3.8) is 0 Å². The molecular weight excluding hydrogens is 475 g/mol. The molecule has 4 rings (SSSR count). The summed E-state index contributed by atoms with van der Waals surface area (Å²) in [5.41, 5.74) is 6.18. The molecule has 0 amide bonds. The van der Waals surface area contributed by atoms with E-state index in [4.69, 9.17) is 27.2 Å². The Labute approximate surface area is 184 Å². The quantitative estimate of drug-likeness (QED) is 0.453. The van der Waals surface area contributed by atoms with Crippen LogP contribution in [0.15, 0.2) is 40.5 Å². The van der Waals surface area contributed by atoms with Crippen LogP contribution in [0.2, 0.25) is 5.02 Å². The van der Waals surface area contributed by atoms with Crippen molar-refractivity contribution in [3.05, 3.63) is 35.6 Å². The van der Waals surface area contributed by atoms with Crippen molar-refractivity contribution in [2.75, 3.05) is 12.3 Å². The highest BCUT2D eigenvalue weighted by atomic mass is 35.5. The molecule has 0 unspecified atom stereocenters. The maximum absolute atomic E-state index is 14.9. The molecule has 166 valence electrons. The van der Waals surface area contributed by atoms with Gasteiger partial charge in [0, 0.05) is 9.92 Å². The van der Waals surface area contributed by atoms with Crippen molar-refractivity contribution in [3.8, 4) is 0 Å². The lowest BCUT2D eigenvalue weighted by Crippen LogP contribution is -2.33. The van der Waals surface area contributed by atoms with Crippen LogP contribution in [0.5, 0.6) is 0 Å². The van der Waals surface area contributed by atoms with E-state index in [0.717, 1.165) is 9.58 Å². The lowest BCUT2D eigenvalue weighted by molar-refractivity contribution is -0.0456. The molecule has 0 bridgehead atoms. The number of halogens is 2. The highest BCUT2D eigenvalue weighted by Gasteiger charge is 2.47. The van der Waals surface area contributed by atoms with Gasteiger partial charge in [0.25, 0.3) is 0 Å². The van der Waals surface area contributed by atoms with Crippen molar-refractivity contribution in [1.82, 2.24) is 19.7 Å². The van der Waals surface area contributed by atoms with E-state index in [-0.39, 0.29) is 11.5 Å². The summed E-state index contributed by atoms with van der Waals surface area (Å²) in [6.45, 7) is -0.669. The molecule has 11 nitrogen and oxygen atoms in total. The van der Waals surface area contributed by atoms with Crippen LogP contribution in [0.4, 0.5) is 10.2 Å². The number of ether oxygens (including phenoxy) is 1. The fourth-order valence-corrected chi connectivity index (χ4v) is 4.62. The van der Waals surface area contributed by atoms with E-state index in [0.29, 0.717) is 15.4 Å². The smallest absolute Gasteiger partial charge is 0.333 e. The van der Waals surface area contributed by atoms with E-state index in [1.807, 2.05) is 0 Å². The molecule has 3 aromatic rings. The molecule has 4 atom stereocenters. The molecule has 0 aliphatic carbocycles. The third kappa shape index (κ3) is 4.59. The molecule has 15 heteroatoms. The Bertz CT molecular complexity index is 1230. The largest absolute Gasteiger partial charge is 0.387 e. The molecule has 31 heavy (non-hydrogen) atoms. The second kappa shape index (κ2) is 8.46. The Hall–Kier alpha value is -2.07. The molecule has 0 spiro atoms. The third-order valence-electron chi connectivity index (χ3n) is 4.43. The van der Waals surface area contributed by atoms with Crippen LogP contribution in [0.25, 0.3) is 11.0 Å². The summed E-state index contributed by atoms with van der Waals surface area (Å²) in [5.74, 6) is 0.115. The molecule has 3 heterocycles. The number of alkyl halides is 1. The van der Waals surface area contributed by atoms with E-state index in [2.05, 4.69) is 19.2 Å². The molecular formula is C16H16ClFN6O5S2. The number of nitrogens with two attached hydrogens (primary N) is 2. The molecule has 1 fully saturated rings. The zero-order valence-electron chi connectivity index (χ0n) is 15.5. The number of aliphatic hydroxyl groups is 1. The summed E-state index contributed by atoms with van der Waals surface area (Å²) in [4.78, 5) is 8.83. The molecule has 1 aliphatic heterocycles. The van der Waals surface area contributed by atoms with Crippen LogP contribution in [-0.4, -0.2) is 58.3 Å². The predicted octanol–water partition coefficient (Wildman–Crippen LogP) is 1.03. The molecule has 1 saturated heterocycles. The van der Waals surface area contributed by atoms with Gasteiger partial charge in [-0.25, -0.2) is 24.2 Å². The Morgan fingerprint density at radius 3 is 2.87 bits per heavy atom. The molecule has 1 aliphatic rings. The normalized spacial score (nSPS) is 24.1. The first kappa shape index (κ1) is 22.1. The summed E-state index contributed by atoms with van der Waals surface area (Å²) in [6, 6.07) is 6.99. The van der Waals surface area contributed by atoms with Crippen LogP contribution < -0.4 is 10.9 Å². The van der Waals surface area contributed by atoms with Gasteiger partial charge in [0.05, 0.1) is 12.0 Å². The van der Waals surface area contributed by atoms with Gasteiger partial charge >= 0.3 is 10.3 Å². The molecule has 0 radical (unpaired) electrons. The van der Waals surface area contributed by atoms with Gasteiger partial charge in [-0.15, -0.1) is 0 Å². The van der Waals surface area contributed by atoms with Gasteiger partial charge in [-0.3, -0.25) is 4.18 Å². The maximum atomic E-state index is 14.9.